The minimum Gasteiger partial charge on any atom is -0.482 e. The number of benzene rings is 1. The van der Waals surface area contributed by atoms with Crippen molar-refractivity contribution < 1.29 is 28.9 Å². The van der Waals surface area contributed by atoms with Crippen LogP contribution in [0.1, 0.15) is 37.8 Å². The molecule has 2 unspecified atom stereocenters. The quantitative estimate of drug-likeness (QED) is 0.626. The maximum absolute atomic E-state index is 12.0. The molecule has 7 nitrogen and oxygen atoms in total. The van der Waals surface area contributed by atoms with Crippen LogP contribution < -0.4 is 10.1 Å². The van der Waals surface area contributed by atoms with Crippen LogP contribution in [0.3, 0.4) is 0 Å². The van der Waals surface area contributed by atoms with Crippen LogP contribution in [-0.4, -0.2) is 49.5 Å². The second-order valence-corrected chi connectivity index (χ2v) is 6.00. The number of nitrogens with one attached hydrogen (secondary N) is 1. The van der Waals surface area contributed by atoms with Gasteiger partial charge < -0.3 is 24.6 Å². The number of ether oxygens (including phenoxy) is 3. The molecule has 25 heavy (non-hydrogen) atoms. The Morgan fingerprint density at radius 1 is 1.36 bits per heavy atom. The summed E-state index contributed by atoms with van der Waals surface area (Å²) >= 11 is 0. The molecule has 0 saturated carbocycles. The highest BCUT2D eigenvalue weighted by Gasteiger charge is 2.15. The normalized spacial score (nSPS) is 17.9. The Hall–Kier alpha value is -2.12. The largest absolute Gasteiger partial charge is 0.482 e. The summed E-state index contributed by atoms with van der Waals surface area (Å²) in [7, 11) is 0. The molecule has 2 N–H and O–H groups in total. The van der Waals surface area contributed by atoms with Gasteiger partial charge in [0.05, 0.1) is 25.4 Å². The van der Waals surface area contributed by atoms with Crippen LogP contribution in [0.4, 0.5) is 0 Å². The number of carbonyl (C=O) groups excluding carboxylic acids is 1. The minimum absolute atomic E-state index is 0.0777. The number of hydrogen-bond donors (Lipinski definition) is 2. The molecule has 1 amide bonds. The first-order valence-electron chi connectivity index (χ1n) is 8.48. The second kappa shape index (κ2) is 10.0. The summed E-state index contributed by atoms with van der Waals surface area (Å²) < 4.78 is 16.0. The highest BCUT2D eigenvalue weighted by atomic mass is 16.5. The summed E-state index contributed by atoms with van der Waals surface area (Å²) in [5, 5.41) is 11.5. The second-order valence-electron chi connectivity index (χ2n) is 6.00. The smallest absolute Gasteiger partial charge is 0.341 e. The third kappa shape index (κ3) is 7.11. The fraction of sp³-hybridized carbons (Fsp3) is 0.556. The van der Waals surface area contributed by atoms with Crippen molar-refractivity contribution in [2.45, 2.75) is 38.3 Å². The molecule has 0 radical (unpaired) electrons. The molecule has 0 aromatic heterocycles. The molecule has 1 aromatic rings. The Labute approximate surface area is 147 Å². The van der Waals surface area contributed by atoms with E-state index in [0.29, 0.717) is 25.4 Å². The summed E-state index contributed by atoms with van der Waals surface area (Å²) in [6.07, 6.45) is 2.57. The van der Waals surface area contributed by atoms with E-state index in [4.69, 9.17) is 19.3 Å². The van der Waals surface area contributed by atoms with E-state index in [9.17, 15) is 9.59 Å². The van der Waals surface area contributed by atoms with Gasteiger partial charge in [-0.15, -0.1) is 0 Å². The van der Waals surface area contributed by atoms with Gasteiger partial charge in [0.1, 0.15) is 5.75 Å². The zero-order valence-electron chi connectivity index (χ0n) is 14.4. The lowest BCUT2D eigenvalue weighted by atomic mass is 10.1. The number of carboxylic acid groups (broad SMARTS) is 1. The molecule has 0 spiro atoms. The lowest BCUT2D eigenvalue weighted by Crippen LogP contribution is -2.28. The van der Waals surface area contributed by atoms with E-state index in [0.717, 1.165) is 25.0 Å². The molecular formula is C18H25NO6. The summed E-state index contributed by atoms with van der Waals surface area (Å²) in [6.45, 7) is 3.23. The summed E-state index contributed by atoms with van der Waals surface area (Å²) in [6, 6.07) is 6.82. The van der Waals surface area contributed by atoms with Gasteiger partial charge in [0.2, 0.25) is 5.91 Å². The van der Waals surface area contributed by atoms with Crippen LogP contribution in [0.5, 0.6) is 5.75 Å². The van der Waals surface area contributed by atoms with Gasteiger partial charge in [0.25, 0.3) is 0 Å². The van der Waals surface area contributed by atoms with Crippen molar-refractivity contribution in [1.82, 2.24) is 5.32 Å². The Morgan fingerprint density at radius 3 is 2.76 bits per heavy atom. The molecule has 1 aliphatic rings. The predicted molar refractivity (Wildman–Crippen MR) is 90.5 cm³/mol. The molecule has 1 saturated heterocycles. The number of carboxylic acids is 1. The highest BCUT2D eigenvalue weighted by Crippen LogP contribution is 2.18. The predicted octanol–water partition coefficient (Wildman–Crippen LogP) is 1.91. The monoisotopic (exact) mass is 351 g/mol. The third-order valence-electron chi connectivity index (χ3n) is 3.92. The van der Waals surface area contributed by atoms with E-state index in [-0.39, 0.29) is 24.7 Å². The van der Waals surface area contributed by atoms with E-state index in [1.54, 1.807) is 24.3 Å². The van der Waals surface area contributed by atoms with Crippen molar-refractivity contribution in [1.29, 1.82) is 0 Å². The van der Waals surface area contributed by atoms with Crippen molar-refractivity contribution in [2.24, 2.45) is 0 Å². The zero-order valence-corrected chi connectivity index (χ0v) is 14.4. The fourth-order valence-electron chi connectivity index (χ4n) is 2.55. The molecule has 2 rings (SSSR count). The van der Waals surface area contributed by atoms with Gasteiger partial charge in [0.15, 0.2) is 6.61 Å². The maximum Gasteiger partial charge on any atom is 0.341 e. The van der Waals surface area contributed by atoms with Crippen LogP contribution in [0.25, 0.3) is 0 Å². The molecule has 0 bridgehead atoms. The third-order valence-corrected chi connectivity index (χ3v) is 3.92. The van der Waals surface area contributed by atoms with Gasteiger partial charge in [0, 0.05) is 13.0 Å². The van der Waals surface area contributed by atoms with E-state index < -0.39 is 5.97 Å². The van der Waals surface area contributed by atoms with Crippen LogP contribution in [0, 0.1) is 0 Å². The molecule has 138 valence electrons. The number of carbonyl (C=O) groups is 2. The van der Waals surface area contributed by atoms with Crippen molar-refractivity contribution in [3.63, 3.8) is 0 Å². The Bertz CT molecular complexity index is 553. The lowest BCUT2D eigenvalue weighted by molar-refractivity contribution is -0.139. The molecule has 7 heteroatoms. The minimum atomic E-state index is -1.02. The SMILES string of the molecule is CC(NC(=O)CCOCC1CCCO1)c1ccc(OCC(=O)O)cc1. The standard InChI is InChI=1S/C18H25NO6/c1-13(14-4-6-15(7-5-14)25-12-18(21)22)19-17(20)8-10-23-11-16-3-2-9-24-16/h4-7,13,16H,2-3,8-12H2,1H3,(H,19,20)(H,21,22). The van der Waals surface area contributed by atoms with Gasteiger partial charge in [-0.3, -0.25) is 4.79 Å². The first kappa shape index (κ1) is 19.2. The van der Waals surface area contributed by atoms with Gasteiger partial charge in [-0.05, 0) is 37.5 Å². The molecule has 1 aliphatic heterocycles. The van der Waals surface area contributed by atoms with Crippen molar-refractivity contribution >= 4 is 11.9 Å². The Kier molecular flexibility index (Phi) is 7.69. The molecule has 0 aliphatic carbocycles. The fourth-order valence-corrected chi connectivity index (χ4v) is 2.55. The van der Waals surface area contributed by atoms with Crippen molar-refractivity contribution in [3.8, 4) is 5.75 Å². The summed E-state index contributed by atoms with van der Waals surface area (Å²) in [4.78, 5) is 22.4. The van der Waals surface area contributed by atoms with Crippen molar-refractivity contribution in [2.75, 3.05) is 26.4 Å². The summed E-state index contributed by atoms with van der Waals surface area (Å²) in [5.74, 6) is -0.621. The van der Waals surface area contributed by atoms with Gasteiger partial charge in [-0.1, -0.05) is 12.1 Å². The maximum atomic E-state index is 12.0. The molecule has 1 aromatic carbocycles. The average Bonchev–Trinajstić information content (AvgIpc) is 3.10. The molecule has 1 heterocycles. The van der Waals surface area contributed by atoms with Crippen LogP contribution in [0.2, 0.25) is 0 Å². The van der Waals surface area contributed by atoms with Crippen LogP contribution >= 0.6 is 0 Å². The van der Waals surface area contributed by atoms with E-state index in [1.165, 1.54) is 0 Å². The van der Waals surface area contributed by atoms with Gasteiger partial charge in [-0.2, -0.15) is 0 Å². The topological polar surface area (TPSA) is 94.1 Å². The highest BCUT2D eigenvalue weighted by molar-refractivity contribution is 5.76. The van der Waals surface area contributed by atoms with Crippen LogP contribution in [-0.2, 0) is 19.1 Å². The number of rotatable bonds is 10. The molecular weight excluding hydrogens is 326 g/mol. The first-order chi connectivity index (χ1) is 12.0. The Balaban J connectivity index is 1.66. The van der Waals surface area contributed by atoms with E-state index in [1.807, 2.05) is 6.92 Å². The number of hydrogen-bond acceptors (Lipinski definition) is 5. The van der Waals surface area contributed by atoms with Gasteiger partial charge in [-0.25, -0.2) is 4.79 Å². The Morgan fingerprint density at radius 2 is 2.12 bits per heavy atom. The molecule has 2 atom stereocenters. The first-order valence-corrected chi connectivity index (χ1v) is 8.48. The van der Waals surface area contributed by atoms with E-state index >= 15 is 0 Å². The number of amides is 1. The van der Waals surface area contributed by atoms with E-state index in [2.05, 4.69) is 5.32 Å². The van der Waals surface area contributed by atoms with Crippen molar-refractivity contribution in [3.05, 3.63) is 29.8 Å². The summed E-state index contributed by atoms with van der Waals surface area (Å²) in [5.41, 5.74) is 0.913. The number of aliphatic carboxylic acids is 1. The lowest BCUT2D eigenvalue weighted by Gasteiger charge is -2.15. The zero-order chi connectivity index (χ0) is 18.1. The average molecular weight is 351 g/mol. The van der Waals surface area contributed by atoms with Crippen LogP contribution in [0.15, 0.2) is 24.3 Å². The molecule has 1 fully saturated rings. The van der Waals surface area contributed by atoms with Gasteiger partial charge >= 0.3 is 5.97 Å².